The number of halogens is 2. The number of fused-ring (bicyclic) bond motifs is 2. The van der Waals surface area contributed by atoms with Crippen LogP contribution in [0.4, 0.5) is 14.5 Å². The van der Waals surface area contributed by atoms with Crippen molar-refractivity contribution in [2.45, 2.75) is 39.2 Å². The number of pyridine rings is 1. The number of carbonyl (C=O) groups excluding carboxylic acids is 2. The second-order valence-electron chi connectivity index (χ2n) is 9.01. The largest absolute Gasteiger partial charge is 0.345 e. The number of nitrogens with one attached hydrogen (secondary N) is 2. The summed E-state index contributed by atoms with van der Waals surface area (Å²) in [5.74, 6) is -2.00. The van der Waals surface area contributed by atoms with E-state index in [-0.39, 0.29) is 29.7 Å². The number of aromatic nitrogens is 2. The Kier molecular flexibility index (Phi) is 5.59. The van der Waals surface area contributed by atoms with Gasteiger partial charge in [0, 0.05) is 11.3 Å². The molecule has 2 N–H and O–H groups in total. The molecule has 0 bridgehead atoms. The molecule has 2 aromatic heterocycles. The Morgan fingerprint density at radius 1 is 1.06 bits per heavy atom. The van der Waals surface area contributed by atoms with Crippen LogP contribution in [0, 0.1) is 18.6 Å². The SMILES string of the molecule is Cc1nn2c(C(C)C)c(C(=O)NC3CC(=O)Nc4ccccc43)ccc2c1-c1c(F)cccc1F. The molecule has 1 aliphatic rings. The van der Waals surface area contributed by atoms with Crippen molar-refractivity contribution >= 4 is 23.0 Å². The number of hydrogen-bond acceptors (Lipinski definition) is 3. The summed E-state index contributed by atoms with van der Waals surface area (Å²) in [5, 5.41) is 10.4. The minimum atomic E-state index is -0.676. The molecule has 1 atom stereocenters. The summed E-state index contributed by atoms with van der Waals surface area (Å²) in [7, 11) is 0. The fourth-order valence-corrected chi connectivity index (χ4v) is 4.81. The first-order valence-corrected chi connectivity index (χ1v) is 11.4. The van der Waals surface area contributed by atoms with E-state index < -0.39 is 17.7 Å². The first-order chi connectivity index (χ1) is 16.8. The predicted octanol–water partition coefficient (Wildman–Crippen LogP) is 5.52. The quantitative estimate of drug-likeness (QED) is 0.409. The van der Waals surface area contributed by atoms with Crippen LogP contribution in [0.5, 0.6) is 0 Å². The normalized spacial score (nSPS) is 15.3. The summed E-state index contributed by atoms with van der Waals surface area (Å²) in [5.41, 5.74) is 3.68. The maximum absolute atomic E-state index is 14.6. The van der Waals surface area contributed by atoms with Gasteiger partial charge in [-0.1, -0.05) is 38.1 Å². The van der Waals surface area contributed by atoms with Crippen LogP contribution in [-0.4, -0.2) is 21.4 Å². The summed E-state index contributed by atoms with van der Waals surface area (Å²) in [6, 6.07) is 13.9. The fraction of sp³-hybridized carbons (Fsp3) is 0.222. The van der Waals surface area contributed by atoms with Gasteiger partial charge in [-0.05, 0) is 48.7 Å². The molecule has 8 heteroatoms. The van der Waals surface area contributed by atoms with Crippen LogP contribution in [0.1, 0.15) is 59.5 Å². The average Bonchev–Trinajstić information content (AvgIpc) is 3.13. The van der Waals surface area contributed by atoms with Gasteiger partial charge in [-0.25, -0.2) is 13.3 Å². The highest BCUT2D eigenvalue weighted by atomic mass is 19.1. The van der Waals surface area contributed by atoms with Crippen molar-refractivity contribution in [3.8, 4) is 11.1 Å². The summed E-state index contributed by atoms with van der Waals surface area (Å²) in [6.45, 7) is 5.54. The number of hydrogen-bond donors (Lipinski definition) is 2. The van der Waals surface area contributed by atoms with Gasteiger partial charge in [-0.3, -0.25) is 9.59 Å². The van der Waals surface area contributed by atoms with E-state index in [4.69, 9.17) is 0 Å². The third-order valence-corrected chi connectivity index (χ3v) is 6.32. The molecule has 0 radical (unpaired) electrons. The number of carbonyl (C=O) groups is 2. The molecular weight excluding hydrogens is 450 g/mol. The maximum atomic E-state index is 14.6. The van der Waals surface area contributed by atoms with Gasteiger partial charge in [0.2, 0.25) is 5.91 Å². The van der Waals surface area contributed by atoms with Crippen LogP contribution in [0.25, 0.3) is 16.6 Å². The minimum absolute atomic E-state index is 0.125. The van der Waals surface area contributed by atoms with E-state index in [1.54, 1.807) is 29.6 Å². The van der Waals surface area contributed by atoms with Gasteiger partial charge in [0.15, 0.2) is 0 Å². The van der Waals surface area contributed by atoms with Crippen LogP contribution >= 0.6 is 0 Å². The summed E-state index contributed by atoms with van der Waals surface area (Å²) in [6.07, 6.45) is 0.125. The Labute approximate surface area is 201 Å². The third kappa shape index (κ3) is 3.84. The van der Waals surface area contributed by atoms with Crippen molar-refractivity contribution in [3.05, 3.63) is 88.7 Å². The lowest BCUT2D eigenvalue weighted by Gasteiger charge is -2.27. The molecule has 1 aliphatic heterocycles. The summed E-state index contributed by atoms with van der Waals surface area (Å²) < 4.78 is 30.9. The Morgan fingerprint density at radius 2 is 1.77 bits per heavy atom. The lowest BCUT2D eigenvalue weighted by atomic mass is 9.96. The molecule has 0 saturated carbocycles. The molecule has 2 aromatic carbocycles. The van der Waals surface area contributed by atoms with E-state index in [2.05, 4.69) is 15.7 Å². The van der Waals surface area contributed by atoms with Gasteiger partial charge < -0.3 is 10.6 Å². The molecule has 0 spiro atoms. The molecular formula is C27H24F2N4O2. The highest BCUT2D eigenvalue weighted by Gasteiger charge is 2.29. The van der Waals surface area contributed by atoms with Crippen molar-refractivity contribution in [1.29, 1.82) is 0 Å². The number of amides is 2. The topological polar surface area (TPSA) is 75.5 Å². The second-order valence-corrected chi connectivity index (χ2v) is 9.01. The third-order valence-electron chi connectivity index (χ3n) is 6.32. The fourth-order valence-electron chi connectivity index (χ4n) is 4.81. The highest BCUT2D eigenvalue weighted by molar-refractivity contribution is 5.99. The Morgan fingerprint density at radius 3 is 2.49 bits per heavy atom. The van der Waals surface area contributed by atoms with E-state index in [0.717, 1.165) is 5.56 Å². The lowest BCUT2D eigenvalue weighted by molar-refractivity contribution is -0.116. The average molecular weight is 475 g/mol. The molecule has 3 heterocycles. The minimum Gasteiger partial charge on any atom is -0.345 e. The van der Waals surface area contributed by atoms with Gasteiger partial charge in [0.05, 0.1) is 40.5 Å². The van der Waals surface area contributed by atoms with E-state index in [1.807, 2.05) is 32.0 Å². The monoisotopic (exact) mass is 474 g/mol. The van der Waals surface area contributed by atoms with Crippen molar-refractivity contribution in [1.82, 2.24) is 14.9 Å². The molecule has 2 amide bonds. The van der Waals surface area contributed by atoms with E-state index in [0.29, 0.717) is 33.7 Å². The van der Waals surface area contributed by atoms with Crippen LogP contribution < -0.4 is 10.6 Å². The first kappa shape index (κ1) is 22.7. The lowest BCUT2D eigenvalue weighted by Crippen LogP contribution is -2.35. The van der Waals surface area contributed by atoms with Crippen molar-refractivity contribution in [2.75, 3.05) is 5.32 Å². The molecule has 178 valence electrons. The van der Waals surface area contributed by atoms with Gasteiger partial charge in [0.1, 0.15) is 11.6 Å². The highest BCUT2D eigenvalue weighted by Crippen LogP contribution is 2.35. The van der Waals surface area contributed by atoms with Gasteiger partial charge in [0.25, 0.3) is 5.91 Å². The summed E-state index contributed by atoms with van der Waals surface area (Å²) in [4.78, 5) is 25.7. The zero-order valence-electron chi connectivity index (χ0n) is 19.5. The molecule has 0 fully saturated rings. The maximum Gasteiger partial charge on any atom is 0.253 e. The molecule has 6 nitrogen and oxygen atoms in total. The number of para-hydroxylation sites is 1. The Balaban J connectivity index is 1.60. The van der Waals surface area contributed by atoms with E-state index in [1.165, 1.54) is 18.2 Å². The number of aryl methyl sites for hydroxylation is 1. The van der Waals surface area contributed by atoms with Crippen LogP contribution in [-0.2, 0) is 4.79 Å². The molecule has 0 saturated heterocycles. The smallest absolute Gasteiger partial charge is 0.253 e. The van der Waals surface area contributed by atoms with Crippen molar-refractivity contribution < 1.29 is 18.4 Å². The van der Waals surface area contributed by atoms with E-state index in [9.17, 15) is 18.4 Å². The van der Waals surface area contributed by atoms with Crippen molar-refractivity contribution in [3.63, 3.8) is 0 Å². The standard InChI is InChI=1S/C27H24F2N4O2/c1-14(2)26-17(27(35)31-21-13-23(34)30-20-10-5-4-7-16(20)21)11-12-22-24(15(3)32-33(22)26)25-18(28)8-6-9-19(25)29/h4-12,14,21H,13H2,1-3H3,(H,30,34)(H,31,35). The molecule has 4 aromatic rings. The van der Waals surface area contributed by atoms with Crippen LogP contribution in [0.2, 0.25) is 0 Å². The van der Waals surface area contributed by atoms with E-state index >= 15 is 0 Å². The van der Waals surface area contributed by atoms with Gasteiger partial charge >= 0.3 is 0 Å². The second kappa shape index (κ2) is 8.61. The zero-order chi connectivity index (χ0) is 24.9. The zero-order valence-corrected chi connectivity index (χ0v) is 19.5. The summed E-state index contributed by atoms with van der Waals surface area (Å²) >= 11 is 0. The molecule has 0 aliphatic carbocycles. The number of anilines is 1. The molecule has 35 heavy (non-hydrogen) atoms. The number of rotatable bonds is 4. The molecule has 5 rings (SSSR count). The Hall–Kier alpha value is -4.07. The number of nitrogens with zero attached hydrogens (tertiary/aromatic N) is 2. The first-order valence-electron chi connectivity index (χ1n) is 11.4. The number of benzene rings is 2. The predicted molar refractivity (Wildman–Crippen MR) is 129 cm³/mol. The van der Waals surface area contributed by atoms with Crippen LogP contribution in [0.3, 0.4) is 0 Å². The van der Waals surface area contributed by atoms with Gasteiger partial charge in [-0.15, -0.1) is 0 Å². The van der Waals surface area contributed by atoms with Gasteiger partial charge in [-0.2, -0.15) is 5.10 Å². The molecule has 1 unspecified atom stereocenters. The van der Waals surface area contributed by atoms with Crippen molar-refractivity contribution in [2.24, 2.45) is 0 Å². The Bertz CT molecular complexity index is 1470. The van der Waals surface area contributed by atoms with Crippen LogP contribution in [0.15, 0.2) is 54.6 Å².